The largest absolute Gasteiger partial charge is 0.353 e. The third-order valence-electron chi connectivity index (χ3n) is 2.07. The number of nitrogens with zero attached hydrogens (tertiary/aromatic N) is 3. The van der Waals surface area contributed by atoms with E-state index in [0.717, 1.165) is 10.8 Å². The van der Waals surface area contributed by atoms with Gasteiger partial charge < -0.3 is 5.32 Å². The van der Waals surface area contributed by atoms with Crippen molar-refractivity contribution in [2.45, 2.75) is 13.0 Å². The summed E-state index contributed by atoms with van der Waals surface area (Å²) in [6.07, 6.45) is 3.60. The molecule has 2 aromatic heterocycles. The van der Waals surface area contributed by atoms with Crippen molar-refractivity contribution in [3.8, 4) is 0 Å². The fraction of sp³-hybridized carbons (Fsp3) is 0.333. The Kier molecular flexibility index (Phi) is 2.49. The third-order valence-corrected chi connectivity index (χ3v) is 2.78. The van der Waals surface area contributed by atoms with Gasteiger partial charge in [-0.3, -0.25) is 4.68 Å². The van der Waals surface area contributed by atoms with Crippen LogP contribution in [0.15, 0.2) is 23.8 Å². The minimum absolute atomic E-state index is 0.230. The summed E-state index contributed by atoms with van der Waals surface area (Å²) in [6, 6.07) is 2.24. The smallest absolute Gasteiger partial charge is 0.183 e. The first-order chi connectivity index (χ1) is 6.77. The molecule has 14 heavy (non-hydrogen) atoms. The first kappa shape index (κ1) is 9.21. The summed E-state index contributed by atoms with van der Waals surface area (Å²) in [5, 5.41) is 10.3. The number of aryl methyl sites for hydroxylation is 1. The lowest BCUT2D eigenvalue weighted by atomic mass is 10.2. The van der Waals surface area contributed by atoms with Crippen molar-refractivity contribution < 1.29 is 0 Å². The van der Waals surface area contributed by atoms with E-state index in [1.165, 1.54) is 0 Å². The summed E-state index contributed by atoms with van der Waals surface area (Å²) in [7, 11) is 1.94. The number of hydrogen-bond acceptors (Lipinski definition) is 4. The highest BCUT2D eigenvalue weighted by Gasteiger charge is 2.09. The van der Waals surface area contributed by atoms with E-state index in [-0.39, 0.29) is 6.04 Å². The Balaban J connectivity index is 2.10. The van der Waals surface area contributed by atoms with Crippen molar-refractivity contribution in [3.63, 3.8) is 0 Å². The maximum absolute atomic E-state index is 4.17. The lowest BCUT2D eigenvalue weighted by Gasteiger charge is -2.12. The molecule has 0 radical (unpaired) electrons. The predicted molar refractivity (Wildman–Crippen MR) is 57.4 cm³/mol. The van der Waals surface area contributed by atoms with Gasteiger partial charge in [0.25, 0.3) is 0 Å². The van der Waals surface area contributed by atoms with Crippen LogP contribution in [-0.4, -0.2) is 14.8 Å². The van der Waals surface area contributed by atoms with Crippen molar-refractivity contribution in [2.75, 3.05) is 5.32 Å². The van der Waals surface area contributed by atoms with Crippen LogP contribution in [-0.2, 0) is 7.05 Å². The molecule has 2 aromatic rings. The van der Waals surface area contributed by atoms with Crippen LogP contribution in [0.4, 0.5) is 5.13 Å². The van der Waals surface area contributed by atoms with Crippen molar-refractivity contribution in [2.24, 2.45) is 7.05 Å². The van der Waals surface area contributed by atoms with E-state index in [1.807, 2.05) is 23.2 Å². The van der Waals surface area contributed by atoms with Crippen LogP contribution >= 0.6 is 11.3 Å². The van der Waals surface area contributed by atoms with Crippen LogP contribution in [0.25, 0.3) is 0 Å². The molecule has 0 spiro atoms. The average molecular weight is 208 g/mol. The molecule has 0 aliphatic carbocycles. The second kappa shape index (κ2) is 3.79. The van der Waals surface area contributed by atoms with Gasteiger partial charge in [-0.15, -0.1) is 11.3 Å². The maximum atomic E-state index is 4.17. The highest BCUT2D eigenvalue weighted by atomic mass is 32.1. The average Bonchev–Trinajstić information content (AvgIpc) is 2.75. The molecule has 0 amide bonds. The first-order valence-electron chi connectivity index (χ1n) is 4.41. The fourth-order valence-electron chi connectivity index (χ4n) is 1.36. The topological polar surface area (TPSA) is 42.7 Å². The van der Waals surface area contributed by atoms with Gasteiger partial charge in [0.05, 0.1) is 11.7 Å². The summed E-state index contributed by atoms with van der Waals surface area (Å²) >= 11 is 1.60. The minimum atomic E-state index is 0.230. The van der Waals surface area contributed by atoms with Crippen LogP contribution in [0.1, 0.15) is 18.7 Å². The van der Waals surface area contributed by atoms with E-state index < -0.39 is 0 Å². The third kappa shape index (κ3) is 1.77. The van der Waals surface area contributed by atoms with E-state index in [2.05, 4.69) is 22.3 Å². The molecule has 0 fully saturated rings. The monoisotopic (exact) mass is 208 g/mol. The van der Waals surface area contributed by atoms with E-state index in [1.54, 1.807) is 23.7 Å². The summed E-state index contributed by atoms with van der Waals surface area (Å²) < 4.78 is 1.87. The number of thiazole rings is 1. The predicted octanol–water partition coefficient (Wildman–Crippen LogP) is 2.05. The second-order valence-corrected chi connectivity index (χ2v) is 3.98. The van der Waals surface area contributed by atoms with Gasteiger partial charge in [-0.05, 0) is 13.0 Å². The van der Waals surface area contributed by atoms with Crippen molar-refractivity contribution >= 4 is 16.5 Å². The Bertz CT molecular complexity index is 393. The molecule has 0 saturated carbocycles. The Hall–Kier alpha value is -1.36. The zero-order chi connectivity index (χ0) is 9.97. The summed E-state index contributed by atoms with van der Waals surface area (Å²) in [5.41, 5.74) is 1.15. The van der Waals surface area contributed by atoms with Crippen molar-refractivity contribution in [1.29, 1.82) is 0 Å². The van der Waals surface area contributed by atoms with Gasteiger partial charge in [0.15, 0.2) is 5.13 Å². The molecule has 0 saturated heterocycles. The quantitative estimate of drug-likeness (QED) is 0.839. The molecule has 1 N–H and O–H groups in total. The molecule has 0 bridgehead atoms. The number of rotatable bonds is 3. The lowest BCUT2D eigenvalue weighted by molar-refractivity contribution is 0.675. The first-order valence-corrected chi connectivity index (χ1v) is 5.29. The molecule has 2 heterocycles. The lowest BCUT2D eigenvalue weighted by Crippen LogP contribution is -2.10. The number of hydrogen-bond donors (Lipinski definition) is 1. The van der Waals surface area contributed by atoms with E-state index in [0.29, 0.717) is 0 Å². The van der Waals surface area contributed by atoms with Gasteiger partial charge in [-0.1, -0.05) is 0 Å². The van der Waals surface area contributed by atoms with E-state index in [4.69, 9.17) is 0 Å². The molecule has 0 aliphatic heterocycles. The van der Waals surface area contributed by atoms with Gasteiger partial charge >= 0.3 is 0 Å². The SMILES string of the molecule is CC(Nc1nccs1)c1ccnn1C. The zero-order valence-electron chi connectivity index (χ0n) is 8.14. The molecule has 74 valence electrons. The molecule has 5 heteroatoms. The van der Waals surface area contributed by atoms with Gasteiger partial charge in [0.1, 0.15) is 0 Å². The maximum Gasteiger partial charge on any atom is 0.183 e. The van der Waals surface area contributed by atoms with Gasteiger partial charge in [0, 0.05) is 24.8 Å². The van der Waals surface area contributed by atoms with Gasteiger partial charge in [0.2, 0.25) is 0 Å². The molecule has 2 rings (SSSR count). The van der Waals surface area contributed by atoms with Crippen LogP contribution in [0.2, 0.25) is 0 Å². The Morgan fingerprint density at radius 1 is 1.50 bits per heavy atom. The molecule has 1 unspecified atom stereocenters. The highest BCUT2D eigenvalue weighted by molar-refractivity contribution is 7.13. The fourth-order valence-corrected chi connectivity index (χ4v) is 1.98. The molecular formula is C9H12N4S. The normalized spacial score (nSPS) is 12.7. The Morgan fingerprint density at radius 3 is 2.93 bits per heavy atom. The summed E-state index contributed by atoms with van der Waals surface area (Å²) in [6.45, 7) is 2.10. The number of anilines is 1. The molecular weight excluding hydrogens is 196 g/mol. The van der Waals surface area contributed by atoms with Crippen LogP contribution in [0.5, 0.6) is 0 Å². The molecule has 0 aliphatic rings. The van der Waals surface area contributed by atoms with Crippen molar-refractivity contribution in [1.82, 2.24) is 14.8 Å². The summed E-state index contributed by atoms with van der Waals surface area (Å²) in [4.78, 5) is 4.17. The van der Waals surface area contributed by atoms with Crippen LogP contribution < -0.4 is 5.32 Å². The van der Waals surface area contributed by atoms with E-state index >= 15 is 0 Å². The summed E-state index contributed by atoms with van der Waals surface area (Å²) in [5.74, 6) is 0. The number of nitrogens with one attached hydrogen (secondary N) is 1. The number of aromatic nitrogens is 3. The van der Waals surface area contributed by atoms with Crippen LogP contribution in [0.3, 0.4) is 0 Å². The Labute approximate surface area is 86.6 Å². The minimum Gasteiger partial charge on any atom is -0.353 e. The van der Waals surface area contributed by atoms with Crippen LogP contribution in [0, 0.1) is 0 Å². The van der Waals surface area contributed by atoms with Gasteiger partial charge in [-0.25, -0.2) is 4.98 Å². The highest BCUT2D eigenvalue weighted by Crippen LogP contribution is 2.19. The molecule has 4 nitrogen and oxygen atoms in total. The zero-order valence-corrected chi connectivity index (χ0v) is 8.95. The standard InChI is InChI=1S/C9H12N4S/c1-7(8-3-4-11-13(8)2)12-9-10-5-6-14-9/h3-7H,1-2H3,(H,10,12). The molecule has 1 atom stereocenters. The molecule has 0 aromatic carbocycles. The van der Waals surface area contributed by atoms with Crippen molar-refractivity contribution in [3.05, 3.63) is 29.5 Å². The van der Waals surface area contributed by atoms with Gasteiger partial charge in [-0.2, -0.15) is 5.10 Å². The Morgan fingerprint density at radius 2 is 2.36 bits per heavy atom. The van der Waals surface area contributed by atoms with E-state index in [9.17, 15) is 0 Å². The second-order valence-electron chi connectivity index (χ2n) is 3.08.